The Kier molecular flexibility index (Phi) is 4.59. The molecule has 4 amide bonds. The highest BCUT2D eigenvalue weighted by Crippen LogP contribution is 2.30. The van der Waals surface area contributed by atoms with Crippen molar-refractivity contribution in [3.63, 3.8) is 0 Å². The smallest absolute Gasteiger partial charge is 0.310 e. The second-order valence-corrected chi connectivity index (χ2v) is 7.55. The van der Waals surface area contributed by atoms with Crippen LogP contribution in [0.3, 0.4) is 0 Å². The van der Waals surface area contributed by atoms with Gasteiger partial charge in [0.2, 0.25) is 11.8 Å². The van der Waals surface area contributed by atoms with Gasteiger partial charge in [-0.25, -0.2) is 0 Å². The van der Waals surface area contributed by atoms with Gasteiger partial charge in [0.05, 0.1) is 17.5 Å². The number of carbonyl (C=O) groups excluding carboxylic acids is 5. The van der Waals surface area contributed by atoms with Crippen LogP contribution in [0.4, 0.5) is 0 Å². The summed E-state index contributed by atoms with van der Waals surface area (Å²) in [5, 5.41) is 2.15. The van der Waals surface area contributed by atoms with E-state index in [1.165, 1.54) is 6.07 Å². The van der Waals surface area contributed by atoms with Gasteiger partial charge in [-0.2, -0.15) is 0 Å². The third-order valence-corrected chi connectivity index (χ3v) is 4.31. The molecule has 1 atom stereocenters. The molecule has 0 aromatic heterocycles. The molecule has 1 N–H and O–H groups in total. The summed E-state index contributed by atoms with van der Waals surface area (Å²) >= 11 is 0. The van der Waals surface area contributed by atoms with E-state index in [4.69, 9.17) is 4.74 Å². The highest BCUT2D eigenvalue weighted by atomic mass is 16.6. The van der Waals surface area contributed by atoms with E-state index in [9.17, 15) is 24.0 Å². The zero-order valence-electron chi connectivity index (χ0n) is 15.3. The summed E-state index contributed by atoms with van der Waals surface area (Å²) in [5.74, 6) is -2.86. The number of rotatable bonds is 3. The fourth-order valence-electron chi connectivity index (χ4n) is 3.27. The first-order valence-corrected chi connectivity index (χ1v) is 8.64. The van der Waals surface area contributed by atoms with Crippen molar-refractivity contribution < 1.29 is 28.7 Å². The topological polar surface area (TPSA) is 110 Å². The maximum Gasteiger partial charge on any atom is 0.310 e. The molecule has 8 nitrogen and oxygen atoms in total. The highest BCUT2D eigenvalue weighted by molar-refractivity contribution is 6.24. The molecule has 2 aliphatic heterocycles. The molecule has 1 fully saturated rings. The number of ether oxygens (including phenoxy) is 1. The summed E-state index contributed by atoms with van der Waals surface area (Å²) in [4.78, 5) is 62.1. The zero-order valence-corrected chi connectivity index (χ0v) is 15.3. The van der Waals surface area contributed by atoms with E-state index in [0.29, 0.717) is 5.56 Å². The summed E-state index contributed by atoms with van der Waals surface area (Å²) in [7, 11) is 0. The molecule has 142 valence electrons. The Morgan fingerprint density at radius 1 is 1.19 bits per heavy atom. The van der Waals surface area contributed by atoms with Crippen LogP contribution in [-0.4, -0.2) is 46.1 Å². The van der Waals surface area contributed by atoms with E-state index >= 15 is 0 Å². The molecule has 27 heavy (non-hydrogen) atoms. The van der Waals surface area contributed by atoms with Crippen LogP contribution in [-0.2, 0) is 25.5 Å². The van der Waals surface area contributed by atoms with E-state index in [0.717, 1.165) is 4.90 Å². The number of carbonyl (C=O) groups is 5. The lowest BCUT2D eigenvalue weighted by molar-refractivity contribution is -0.154. The minimum atomic E-state index is -1.04. The van der Waals surface area contributed by atoms with E-state index in [1.54, 1.807) is 32.9 Å². The Labute approximate surface area is 155 Å². The van der Waals surface area contributed by atoms with Crippen molar-refractivity contribution in [2.24, 2.45) is 0 Å². The third kappa shape index (κ3) is 3.60. The van der Waals surface area contributed by atoms with E-state index in [2.05, 4.69) is 5.32 Å². The molecule has 1 unspecified atom stereocenters. The van der Waals surface area contributed by atoms with Crippen molar-refractivity contribution in [3.8, 4) is 0 Å². The predicted molar refractivity (Wildman–Crippen MR) is 92.7 cm³/mol. The van der Waals surface area contributed by atoms with Gasteiger partial charge in [0, 0.05) is 6.42 Å². The number of piperidine rings is 1. The van der Waals surface area contributed by atoms with Crippen molar-refractivity contribution in [2.75, 3.05) is 0 Å². The normalized spacial score (nSPS) is 19.8. The lowest BCUT2D eigenvalue weighted by Gasteiger charge is -2.27. The standard InChI is InChI=1S/C19H20N2O6/c1-19(2,3)27-14(23)9-10-5-4-6-11-15(10)18(26)21(17(11)25)12-7-8-13(22)20-16(12)24/h4-6,12H,7-9H2,1-3H3,(H,20,22,24). The highest BCUT2D eigenvalue weighted by Gasteiger charge is 2.45. The number of amides is 4. The van der Waals surface area contributed by atoms with Crippen molar-refractivity contribution in [3.05, 3.63) is 34.9 Å². The Morgan fingerprint density at radius 3 is 2.52 bits per heavy atom. The van der Waals surface area contributed by atoms with Crippen LogP contribution >= 0.6 is 0 Å². The number of esters is 1. The summed E-state index contributed by atoms with van der Waals surface area (Å²) in [6, 6.07) is 3.61. The number of imide groups is 2. The Morgan fingerprint density at radius 2 is 1.89 bits per heavy atom. The van der Waals surface area contributed by atoms with Crippen molar-refractivity contribution in [2.45, 2.75) is 51.7 Å². The molecule has 1 saturated heterocycles. The van der Waals surface area contributed by atoms with Gasteiger partial charge in [-0.15, -0.1) is 0 Å². The molecule has 1 aromatic carbocycles. The number of hydrogen-bond donors (Lipinski definition) is 1. The summed E-state index contributed by atoms with van der Waals surface area (Å²) < 4.78 is 5.29. The van der Waals surface area contributed by atoms with Gasteiger partial charge in [0.15, 0.2) is 0 Å². The molecule has 0 bridgehead atoms. The molecule has 0 aliphatic carbocycles. The molecule has 0 radical (unpaired) electrons. The largest absolute Gasteiger partial charge is 0.460 e. The number of nitrogens with zero attached hydrogens (tertiary/aromatic N) is 1. The van der Waals surface area contributed by atoms with Gasteiger partial charge in [-0.3, -0.25) is 34.2 Å². The Hall–Kier alpha value is -3.03. The van der Waals surface area contributed by atoms with Crippen LogP contribution in [0.5, 0.6) is 0 Å². The Bertz CT molecular complexity index is 867. The maximum absolute atomic E-state index is 12.9. The van der Waals surface area contributed by atoms with E-state index < -0.39 is 41.2 Å². The minimum absolute atomic E-state index is 0.0502. The molecular formula is C19H20N2O6. The second kappa shape index (κ2) is 6.61. The summed E-state index contributed by atoms with van der Waals surface area (Å²) in [5.41, 5.74) is -0.0492. The monoisotopic (exact) mass is 372 g/mol. The number of benzene rings is 1. The van der Waals surface area contributed by atoms with Crippen LogP contribution in [0, 0.1) is 0 Å². The lowest BCUT2D eigenvalue weighted by atomic mass is 10.0. The van der Waals surface area contributed by atoms with Crippen molar-refractivity contribution in [1.29, 1.82) is 0 Å². The number of fused-ring (bicyclic) bond motifs is 1. The van der Waals surface area contributed by atoms with Crippen LogP contribution in [0.25, 0.3) is 0 Å². The zero-order chi connectivity index (χ0) is 19.9. The molecule has 2 heterocycles. The number of hydrogen-bond acceptors (Lipinski definition) is 6. The predicted octanol–water partition coefficient (Wildman–Crippen LogP) is 0.972. The van der Waals surface area contributed by atoms with E-state index in [-0.39, 0.29) is 30.4 Å². The average molecular weight is 372 g/mol. The Balaban J connectivity index is 1.89. The molecule has 3 rings (SSSR count). The van der Waals surface area contributed by atoms with Crippen molar-refractivity contribution in [1.82, 2.24) is 10.2 Å². The molecule has 2 aliphatic rings. The quantitative estimate of drug-likeness (QED) is 0.625. The molecule has 1 aromatic rings. The van der Waals surface area contributed by atoms with Crippen LogP contribution < -0.4 is 5.32 Å². The SMILES string of the molecule is CC(C)(C)OC(=O)Cc1cccc2c1C(=O)N(C1CCC(=O)NC1=O)C2=O. The van der Waals surface area contributed by atoms with Gasteiger partial charge in [0.1, 0.15) is 11.6 Å². The van der Waals surface area contributed by atoms with Gasteiger partial charge in [-0.05, 0) is 38.8 Å². The van der Waals surface area contributed by atoms with Crippen LogP contribution in [0.1, 0.15) is 59.9 Å². The van der Waals surface area contributed by atoms with Gasteiger partial charge in [-0.1, -0.05) is 12.1 Å². The molecule has 0 saturated carbocycles. The fraction of sp³-hybridized carbons (Fsp3) is 0.421. The summed E-state index contributed by atoms with van der Waals surface area (Å²) in [6.45, 7) is 5.21. The summed E-state index contributed by atoms with van der Waals surface area (Å²) in [6.07, 6.45) is -0.0330. The average Bonchev–Trinajstić information content (AvgIpc) is 2.78. The molecular weight excluding hydrogens is 352 g/mol. The number of nitrogens with one attached hydrogen (secondary N) is 1. The van der Waals surface area contributed by atoms with E-state index in [1.807, 2.05) is 0 Å². The fourth-order valence-corrected chi connectivity index (χ4v) is 3.27. The van der Waals surface area contributed by atoms with Crippen LogP contribution in [0.2, 0.25) is 0 Å². The third-order valence-electron chi connectivity index (χ3n) is 4.31. The first kappa shape index (κ1) is 18.8. The van der Waals surface area contributed by atoms with Gasteiger partial charge >= 0.3 is 5.97 Å². The van der Waals surface area contributed by atoms with Gasteiger partial charge in [0.25, 0.3) is 11.8 Å². The van der Waals surface area contributed by atoms with Gasteiger partial charge < -0.3 is 4.74 Å². The van der Waals surface area contributed by atoms with Crippen LogP contribution in [0.15, 0.2) is 18.2 Å². The second-order valence-electron chi connectivity index (χ2n) is 7.55. The van der Waals surface area contributed by atoms with Crippen molar-refractivity contribution >= 4 is 29.6 Å². The first-order valence-electron chi connectivity index (χ1n) is 8.64. The molecule has 8 heteroatoms. The molecule has 0 spiro atoms. The lowest BCUT2D eigenvalue weighted by Crippen LogP contribution is -2.54. The first-order chi connectivity index (χ1) is 12.6. The minimum Gasteiger partial charge on any atom is -0.460 e. The maximum atomic E-state index is 12.9.